The van der Waals surface area contributed by atoms with Crippen molar-refractivity contribution in [3.8, 4) is 0 Å². The zero-order valence-corrected chi connectivity index (χ0v) is 11.8. The van der Waals surface area contributed by atoms with E-state index in [0.717, 1.165) is 29.6 Å². The van der Waals surface area contributed by atoms with Gasteiger partial charge in [0.2, 0.25) is 0 Å². The highest BCUT2D eigenvalue weighted by molar-refractivity contribution is 9.10. The minimum absolute atomic E-state index is 0.166. The highest BCUT2D eigenvalue weighted by atomic mass is 79.9. The Labute approximate surface area is 115 Å². The minimum Gasteiger partial charge on any atom is -0.308 e. The number of nitrogens with zero attached hydrogens (tertiary/aromatic N) is 3. The Kier molecular flexibility index (Phi) is 4.83. The lowest BCUT2D eigenvalue weighted by Crippen LogP contribution is -2.24. The molecule has 2 rings (SSSR count). The third kappa shape index (κ3) is 3.61. The molecule has 1 atom stereocenters. The van der Waals surface area contributed by atoms with Gasteiger partial charge in [0.15, 0.2) is 0 Å². The molecule has 2 heterocycles. The second-order valence-electron chi connectivity index (χ2n) is 4.12. The maximum absolute atomic E-state index is 4.18. The molecule has 2 aromatic rings. The summed E-state index contributed by atoms with van der Waals surface area (Å²) in [5.74, 6) is 0. The van der Waals surface area contributed by atoms with E-state index in [-0.39, 0.29) is 6.04 Å². The third-order valence-corrected chi connectivity index (χ3v) is 3.07. The van der Waals surface area contributed by atoms with Gasteiger partial charge in [-0.3, -0.25) is 4.98 Å². The van der Waals surface area contributed by atoms with Crippen LogP contribution in [0.5, 0.6) is 0 Å². The van der Waals surface area contributed by atoms with E-state index in [1.165, 1.54) is 5.56 Å². The van der Waals surface area contributed by atoms with Crippen molar-refractivity contribution >= 4 is 15.9 Å². The molecule has 1 unspecified atom stereocenters. The predicted octanol–water partition coefficient (Wildman–Crippen LogP) is 2.25. The zero-order valence-electron chi connectivity index (χ0n) is 10.2. The van der Waals surface area contributed by atoms with E-state index in [1.54, 1.807) is 12.4 Å². The van der Waals surface area contributed by atoms with Crippen molar-refractivity contribution in [1.82, 2.24) is 25.7 Å². The quantitative estimate of drug-likeness (QED) is 0.859. The first kappa shape index (κ1) is 13.2. The number of pyridine rings is 1. The number of nitrogens with one attached hydrogen (secondary N) is 2. The molecule has 2 aromatic heterocycles. The normalized spacial score (nSPS) is 12.6. The summed E-state index contributed by atoms with van der Waals surface area (Å²) in [5.41, 5.74) is 2.10. The van der Waals surface area contributed by atoms with Crippen LogP contribution in [0.3, 0.4) is 0 Å². The minimum atomic E-state index is 0.166. The standard InChI is InChI=1S/C12H16BrN5/c1-2-3-15-11(12-8-16-18-17-12)5-9-4-10(13)7-14-6-9/h4,6-8,11,15H,2-3,5H2,1H3,(H,16,17,18). The fourth-order valence-electron chi connectivity index (χ4n) is 1.78. The number of halogens is 1. The molecule has 0 saturated carbocycles. The molecule has 0 aliphatic rings. The van der Waals surface area contributed by atoms with Crippen LogP contribution < -0.4 is 5.32 Å². The van der Waals surface area contributed by atoms with Gasteiger partial charge >= 0.3 is 0 Å². The fourth-order valence-corrected chi connectivity index (χ4v) is 2.19. The van der Waals surface area contributed by atoms with Crippen LogP contribution in [-0.2, 0) is 6.42 Å². The van der Waals surface area contributed by atoms with E-state index in [1.807, 2.05) is 6.20 Å². The Bertz CT molecular complexity index is 471. The lowest BCUT2D eigenvalue weighted by atomic mass is 10.1. The summed E-state index contributed by atoms with van der Waals surface area (Å²) in [4.78, 5) is 4.18. The summed E-state index contributed by atoms with van der Waals surface area (Å²) >= 11 is 3.44. The van der Waals surface area contributed by atoms with Gasteiger partial charge in [0, 0.05) is 16.9 Å². The SMILES string of the molecule is CCCNC(Cc1cncc(Br)c1)c1cn[nH]n1. The van der Waals surface area contributed by atoms with Crippen molar-refractivity contribution in [1.29, 1.82) is 0 Å². The highest BCUT2D eigenvalue weighted by Crippen LogP contribution is 2.17. The van der Waals surface area contributed by atoms with Crippen LogP contribution in [0.2, 0.25) is 0 Å². The monoisotopic (exact) mass is 309 g/mol. The molecule has 0 aromatic carbocycles. The van der Waals surface area contributed by atoms with Crippen molar-refractivity contribution in [3.05, 3.63) is 40.4 Å². The Morgan fingerprint density at radius 3 is 2.94 bits per heavy atom. The number of aromatic amines is 1. The number of H-pyrrole nitrogens is 1. The van der Waals surface area contributed by atoms with E-state index < -0.39 is 0 Å². The molecule has 0 radical (unpaired) electrons. The first-order valence-corrected chi connectivity index (χ1v) is 6.77. The maximum atomic E-state index is 4.18. The van der Waals surface area contributed by atoms with Crippen LogP contribution in [0, 0.1) is 0 Å². The van der Waals surface area contributed by atoms with Crippen molar-refractivity contribution in [3.63, 3.8) is 0 Å². The Morgan fingerprint density at radius 2 is 2.28 bits per heavy atom. The third-order valence-electron chi connectivity index (χ3n) is 2.63. The maximum Gasteiger partial charge on any atom is 0.0997 e. The van der Waals surface area contributed by atoms with Crippen molar-refractivity contribution in [2.75, 3.05) is 6.54 Å². The van der Waals surface area contributed by atoms with Crippen molar-refractivity contribution in [2.24, 2.45) is 0 Å². The molecule has 0 fully saturated rings. The molecule has 6 heteroatoms. The summed E-state index contributed by atoms with van der Waals surface area (Å²) in [6, 6.07) is 2.24. The second-order valence-corrected chi connectivity index (χ2v) is 5.03. The summed E-state index contributed by atoms with van der Waals surface area (Å²) in [6.07, 6.45) is 7.36. The smallest absolute Gasteiger partial charge is 0.0997 e. The Morgan fingerprint density at radius 1 is 1.39 bits per heavy atom. The van der Waals surface area contributed by atoms with Gasteiger partial charge in [-0.15, -0.1) is 0 Å². The Balaban J connectivity index is 2.10. The van der Waals surface area contributed by atoms with Gasteiger partial charge in [-0.2, -0.15) is 15.4 Å². The molecule has 18 heavy (non-hydrogen) atoms. The molecular formula is C12H16BrN5. The molecule has 0 aliphatic heterocycles. The van der Waals surface area contributed by atoms with Crippen LogP contribution in [0.1, 0.15) is 30.6 Å². The van der Waals surface area contributed by atoms with Crippen LogP contribution >= 0.6 is 15.9 Å². The van der Waals surface area contributed by atoms with Crippen molar-refractivity contribution in [2.45, 2.75) is 25.8 Å². The molecule has 5 nitrogen and oxygen atoms in total. The van der Waals surface area contributed by atoms with Gasteiger partial charge in [0.05, 0.1) is 17.9 Å². The molecule has 0 aliphatic carbocycles. The lowest BCUT2D eigenvalue weighted by Gasteiger charge is -2.15. The van der Waals surface area contributed by atoms with Crippen LogP contribution in [0.25, 0.3) is 0 Å². The summed E-state index contributed by atoms with van der Waals surface area (Å²) < 4.78 is 0.995. The van der Waals surface area contributed by atoms with Gasteiger partial charge in [0.25, 0.3) is 0 Å². The average molecular weight is 310 g/mol. The zero-order chi connectivity index (χ0) is 12.8. The fraction of sp³-hybridized carbons (Fsp3) is 0.417. The average Bonchev–Trinajstić information content (AvgIpc) is 2.88. The van der Waals surface area contributed by atoms with E-state index in [0.29, 0.717) is 0 Å². The van der Waals surface area contributed by atoms with Crippen molar-refractivity contribution < 1.29 is 0 Å². The Hall–Kier alpha value is -1.27. The van der Waals surface area contributed by atoms with Gasteiger partial charge in [-0.1, -0.05) is 6.92 Å². The van der Waals surface area contributed by atoms with Crippen LogP contribution in [0.15, 0.2) is 29.1 Å². The molecule has 2 N–H and O–H groups in total. The molecule has 0 bridgehead atoms. The van der Waals surface area contributed by atoms with Crippen LogP contribution in [0.4, 0.5) is 0 Å². The highest BCUT2D eigenvalue weighted by Gasteiger charge is 2.14. The predicted molar refractivity (Wildman–Crippen MR) is 73.1 cm³/mol. The second kappa shape index (κ2) is 6.61. The van der Waals surface area contributed by atoms with E-state index >= 15 is 0 Å². The first-order chi connectivity index (χ1) is 8.79. The molecule has 0 spiro atoms. The van der Waals surface area contributed by atoms with E-state index in [4.69, 9.17) is 0 Å². The topological polar surface area (TPSA) is 66.5 Å². The van der Waals surface area contributed by atoms with E-state index in [2.05, 4.69) is 54.6 Å². The molecular weight excluding hydrogens is 294 g/mol. The van der Waals surface area contributed by atoms with Gasteiger partial charge in [0.1, 0.15) is 0 Å². The summed E-state index contributed by atoms with van der Waals surface area (Å²) in [5, 5.41) is 14.2. The van der Waals surface area contributed by atoms with E-state index in [9.17, 15) is 0 Å². The van der Waals surface area contributed by atoms with Gasteiger partial charge in [-0.05, 0) is 46.9 Å². The molecule has 0 amide bonds. The largest absolute Gasteiger partial charge is 0.308 e. The summed E-state index contributed by atoms with van der Waals surface area (Å²) in [7, 11) is 0. The van der Waals surface area contributed by atoms with Gasteiger partial charge in [-0.25, -0.2) is 0 Å². The van der Waals surface area contributed by atoms with Gasteiger partial charge < -0.3 is 5.32 Å². The lowest BCUT2D eigenvalue weighted by molar-refractivity contribution is 0.516. The number of hydrogen-bond donors (Lipinski definition) is 2. The first-order valence-electron chi connectivity index (χ1n) is 5.98. The molecule has 0 saturated heterocycles. The van der Waals surface area contributed by atoms with Crippen LogP contribution in [-0.4, -0.2) is 26.9 Å². The summed E-state index contributed by atoms with van der Waals surface area (Å²) in [6.45, 7) is 3.10. The number of rotatable bonds is 6. The number of hydrogen-bond acceptors (Lipinski definition) is 4. The molecule has 96 valence electrons. The number of aromatic nitrogens is 4.